The number of benzene rings is 2. The van der Waals surface area contributed by atoms with E-state index in [-0.39, 0.29) is 23.5 Å². The molecule has 1 N–H and O–H groups in total. The summed E-state index contributed by atoms with van der Waals surface area (Å²) in [6.07, 6.45) is 0. The summed E-state index contributed by atoms with van der Waals surface area (Å²) in [5.74, 6) is -1.19. The third-order valence-corrected chi connectivity index (χ3v) is 4.90. The first kappa shape index (κ1) is 21.2. The van der Waals surface area contributed by atoms with Gasteiger partial charge in [-0.05, 0) is 36.1 Å². The van der Waals surface area contributed by atoms with Crippen molar-refractivity contribution < 1.29 is 14.0 Å². The third kappa shape index (κ3) is 4.23. The summed E-state index contributed by atoms with van der Waals surface area (Å²) in [5, 5.41) is 16.4. The Bertz CT molecular complexity index is 1150. The van der Waals surface area contributed by atoms with Crippen molar-refractivity contribution in [1.82, 2.24) is 15.1 Å². The van der Waals surface area contributed by atoms with Crippen LogP contribution in [0.5, 0.6) is 0 Å². The van der Waals surface area contributed by atoms with Gasteiger partial charge in [-0.1, -0.05) is 45.0 Å². The molecular formula is C23H23FN4O2. The molecule has 1 amide bonds. The molecule has 30 heavy (non-hydrogen) atoms. The first-order valence-corrected chi connectivity index (χ1v) is 9.57. The molecule has 0 saturated carbocycles. The number of hydrogen-bond acceptors (Lipinski definition) is 4. The van der Waals surface area contributed by atoms with Crippen molar-refractivity contribution in [3.63, 3.8) is 0 Å². The molecule has 154 valence electrons. The SMILES string of the molecule is CC(=O)C(NC(=O)c1nn(Cc2ccc(C#N)cc2)c2c(F)cccc12)C(C)(C)C. The highest BCUT2D eigenvalue weighted by atomic mass is 19.1. The number of nitrogens with one attached hydrogen (secondary N) is 1. The van der Waals surface area contributed by atoms with Crippen LogP contribution in [-0.4, -0.2) is 27.5 Å². The van der Waals surface area contributed by atoms with Crippen molar-refractivity contribution >= 4 is 22.6 Å². The number of hydrogen-bond donors (Lipinski definition) is 1. The van der Waals surface area contributed by atoms with Crippen LogP contribution in [0.3, 0.4) is 0 Å². The molecule has 0 saturated heterocycles. The molecule has 0 spiro atoms. The fraction of sp³-hybridized carbons (Fsp3) is 0.304. The number of carbonyl (C=O) groups excluding carboxylic acids is 2. The van der Waals surface area contributed by atoms with Crippen molar-refractivity contribution in [3.05, 3.63) is 65.1 Å². The van der Waals surface area contributed by atoms with E-state index in [1.165, 1.54) is 23.7 Å². The van der Waals surface area contributed by atoms with Gasteiger partial charge in [0.05, 0.1) is 24.2 Å². The van der Waals surface area contributed by atoms with E-state index in [4.69, 9.17) is 5.26 Å². The summed E-state index contributed by atoms with van der Waals surface area (Å²) in [4.78, 5) is 25.0. The van der Waals surface area contributed by atoms with E-state index >= 15 is 0 Å². The number of amides is 1. The zero-order valence-electron chi connectivity index (χ0n) is 17.4. The Morgan fingerprint density at radius 2 is 1.87 bits per heavy atom. The summed E-state index contributed by atoms with van der Waals surface area (Å²) in [6.45, 7) is 7.24. The molecule has 0 aliphatic rings. The molecule has 1 atom stereocenters. The van der Waals surface area contributed by atoms with Crippen LogP contribution in [-0.2, 0) is 11.3 Å². The lowest BCUT2D eigenvalue weighted by Crippen LogP contribution is -2.48. The maximum absolute atomic E-state index is 14.6. The second kappa shape index (κ2) is 8.07. The number of nitrogens with zero attached hydrogens (tertiary/aromatic N) is 3. The largest absolute Gasteiger partial charge is 0.340 e. The summed E-state index contributed by atoms with van der Waals surface area (Å²) in [5.41, 5.74) is 1.13. The standard InChI is InChI=1S/C23H23FN4O2/c1-14(29)21(23(2,3)4)26-22(30)19-17-6-5-7-18(24)20(17)28(27-19)13-16-10-8-15(12-25)9-11-16/h5-11,21H,13H2,1-4H3,(H,26,30). The number of Topliss-reactive ketones (excluding diaryl/α,β-unsaturated/α-hetero) is 1. The number of rotatable bonds is 5. The number of ketones is 1. The Morgan fingerprint density at radius 1 is 1.20 bits per heavy atom. The average Bonchev–Trinajstić information content (AvgIpc) is 3.05. The van der Waals surface area contributed by atoms with E-state index in [1.54, 1.807) is 30.3 Å². The highest BCUT2D eigenvalue weighted by molar-refractivity contribution is 6.06. The molecule has 3 rings (SSSR count). The van der Waals surface area contributed by atoms with E-state index in [9.17, 15) is 14.0 Å². The topological polar surface area (TPSA) is 87.8 Å². The minimum absolute atomic E-state index is 0.0636. The molecule has 2 aromatic carbocycles. The Kier molecular flexibility index (Phi) is 5.70. The number of fused-ring (bicyclic) bond motifs is 1. The van der Waals surface area contributed by atoms with Crippen LogP contribution in [0, 0.1) is 22.6 Å². The van der Waals surface area contributed by atoms with Gasteiger partial charge in [0.25, 0.3) is 5.91 Å². The van der Waals surface area contributed by atoms with Crippen LogP contribution in [0.2, 0.25) is 0 Å². The molecule has 1 heterocycles. The van der Waals surface area contributed by atoms with E-state index in [2.05, 4.69) is 16.5 Å². The van der Waals surface area contributed by atoms with Gasteiger partial charge in [-0.15, -0.1) is 0 Å². The van der Waals surface area contributed by atoms with Gasteiger partial charge in [0, 0.05) is 5.39 Å². The van der Waals surface area contributed by atoms with Crippen LogP contribution in [0.15, 0.2) is 42.5 Å². The lowest BCUT2D eigenvalue weighted by molar-refractivity contribution is -0.121. The first-order valence-electron chi connectivity index (χ1n) is 9.57. The quantitative estimate of drug-likeness (QED) is 0.698. The number of aromatic nitrogens is 2. The van der Waals surface area contributed by atoms with Gasteiger partial charge < -0.3 is 5.32 Å². The van der Waals surface area contributed by atoms with Crippen molar-refractivity contribution in [2.45, 2.75) is 40.3 Å². The molecule has 0 radical (unpaired) electrons. The lowest BCUT2D eigenvalue weighted by Gasteiger charge is -2.29. The Labute approximate surface area is 174 Å². The van der Waals surface area contributed by atoms with E-state index in [1.807, 2.05) is 20.8 Å². The van der Waals surface area contributed by atoms with Gasteiger partial charge in [0.15, 0.2) is 11.5 Å². The fourth-order valence-electron chi connectivity index (χ4n) is 3.46. The van der Waals surface area contributed by atoms with Crippen LogP contribution < -0.4 is 5.32 Å². The molecule has 3 aromatic rings. The summed E-state index contributed by atoms with van der Waals surface area (Å²) >= 11 is 0. The summed E-state index contributed by atoms with van der Waals surface area (Å²) < 4.78 is 16.1. The molecule has 1 unspecified atom stereocenters. The lowest BCUT2D eigenvalue weighted by atomic mass is 9.84. The Morgan fingerprint density at radius 3 is 2.43 bits per heavy atom. The van der Waals surface area contributed by atoms with Crippen molar-refractivity contribution in [3.8, 4) is 6.07 Å². The van der Waals surface area contributed by atoms with Crippen LogP contribution in [0.1, 0.15) is 49.3 Å². The van der Waals surface area contributed by atoms with Gasteiger partial charge in [0.2, 0.25) is 0 Å². The monoisotopic (exact) mass is 406 g/mol. The van der Waals surface area contributed by atoms with E-state index < -0.39 is 23.2 Å². The minimum Gasteiger partial charge on any atom is -0.340 e. The highest BCUT2D eigenvalue weighted by Crippen LogP contribution is 2.25. The second-order valence-electron chi connectivity index (χ2n) is 8.33. The molecular weight excluding hydrogens is 383 g/mol. The normalized spacial score (nSPS) is 12.4. The van der Waals surface area contributed by atoms with E-state index in [0.29, 0.717) is 10.9 Å². The highest BCUT2D eigenvalue weighted by Gasteiger charge is 2.32. The zero-order valence-corrected chi connectivity index (χ0v) is 17.4. The number of carbonyl (C=O) groups is 2. The maximum atomic E-state index is 14.6. The predicted octanol–water partition coefficient (Wildman–Crippen LogP) is 3.83. The van der Waals surface area contributed by atoms with Crippen molar-refractivity contribution in [2.75, 3.05) is 0 Å². The fourth-order valence-corrected chi connectivity index (χ4v) is 3.46. The summed E-state index contributed by atoms with van der Waals surface area (Å²) in [6, 6.07) is 12.7. The predicted molar refractivity (Wildman–Crippen MR) is 111 cm³/mol. The van der Waals surface area contributed by atoms with Gasteiger partial charge in [-0.3, -0.25) is 14.3 Å². The number of para-hydroxylation sites is 1. The average molecular weight is 406 g/mol. The molecule has 1 aromatic heterocycles. The summed E-state index contributed by atoms with van der Waals surface area (Å²) in [7, 11) is 0. The minimum atomic E-state index is -0.697. The van der Waals surface area contributed by atoms with Crippen LogP contribution in [0.25, 0.3) is 10.9 Å². The second-order valence-corrected chi connectivity index (χ2v) is 8.33. The van der Waals surface area contributed by atoms with Gasteiger partial charge >= 0.3 is 0 Å². The Balaban J connectivity index is 2.02. The van der Waals surface area contributed by atoms with Gasteiger partial charge in [0.1, 0.15) is 11.3 Å². The third-order valence-electron chi connectivity index (χ3n) is 4.90. The van der Waals surface area contributed by atoms with Gasteiger partial charge in [-0.25, -0.2) is 4.39 Å². The molecule has 0 aliphatic carbocycles. The molecule has 7 heteroatoms. The molecule has 0 bridgehead atoms. The van der Waals surface area contributed by atoms with Crippen molar-refractivity contribution in [2.24, 2.45) is 5.41 Å². The zero-order chi connectivity index (χ0) is 22.1. The molecule has 6 nitrogen and oxygen atoms in total. The number of halogens is 1. The van der Waals surface area contributed by atoms with Crippen molar-refractivity contribution in [1.29, 1.82) is 5.26 Å². The molecule has 0 fully saturated rings. The van der Waals surface area contributed by atoms with E-state index in [0.717, 1.165) is 5.56 Å². The smallest absolute Gasteiger partial charge is 0.273 e. The van der Waals surface area contributed by atoms with Crippen LogP contribution >= 0.6 is 0 Å². The first-order chi connectivity index (χ1) is 14.1. The number of nitriles is 1. The molecule has 0 aliphatic heterocycles. The van der Waals surface area contributed by atoms with Crippen LogP contribution in [0.4, 0.5) is 4.39 Å². The Hall–Kier alpha value is -3.53. The van der Waals surface area contributed by atoms with Gasteiger partial charge in [-0.2, -0.15) is 10.4 Å². The maximum Gasteiger partial charge on any atom is 0.273 e.